The minimum Gasteiger partial charge on any atom is -0.460 e. The molecule has 0 aromatic rings. The van der Waals surface area contributed by atoms with Crippen molar-refractivity contribution in [2.75, 3.05) is 39.6 Å². The lowest BCUT2D eigenvalue weighted by Gasteiger charge is -2.24. The van der Waals surface area contributed by atoms with Gasteiger partial charge in [-0.3, -0.25) is 0 Å². The van der Waals surface area contributed by atoms with E-state index in [1.807, 2.05) is 0 Å². The molecule has 6 nitrogen and oxygen atoms in total. The van der Waals surface area contributed by atoms with E-state index in [4.69, 9.17) is 18.9 Å². The van der Waals surface area contributed by atoms with Crippen LogP contribution < -0.4 is 0 Å². The van der Waals surface area contributed by atoms with Crippen molar-refractivity contribution in [3.63, 3.8) is 0 Å². The Labute approximate surface area is 140 Å². The van der Waals surface area contributed by atoms with Crippen molar-refractivity contribution < 1.29 is 28.5 Å². The highest BCUT2D eigenvalue weighted by Gasteiger charge is 2.52. The van der Waals surface area contributed by atoms with Crippen molar-refractivity contribution in [3.8, 4) is 0 Å². The Bertz CT molecular complexity index is 592. The van der Waals surface area contributed by atoms with Crippen molar-refractivity contribution in [2.24, 2.45) is 23.7 Å². The van der Waals surface area contributed by atoms with Crippen LogP contribution in [0.5, 0.6) is 0 Å². The molecule has 6 heteroatoms. The Hall–Kier alpha value is -1.66. The Morgan fingerprint density at radius 2 is 1.50 bits per heavy atom. The van der Waals surface area contributed by atoms with Crippen LogP contribution in [-0.2, 0) is 28.5 Å². The molecule has 0 aromatic heterocycles. The fraction of sp³-hybridized carbons (Fsp3) is 0.667. The lowest BCUT2D eigenvalue weighted by atomic mass is 9.81. The summed E-state index contributed by atoms with van der Waals surface area (Å²) in [4.78, 5) is 24.5. The third-order valence-corrected chi connectivity index (χ3v) is 5.47. The van der Waals surface area contributed by atoms with Crippen molar-refractivity contribution in [1.82, 2.24) is 0 Å². The van der Waals surface area contributed by atoms with Crippen LogP contribution in [0.15, 0.2) is 23.3 Å². The van der Waals surface area contributed by atoms with Gasteiger partial charge in [-0.15, -0.1) is 0 Å². The van der Waals surface area contributed by atoms with Gasteiger partial charge in [0.2, 0.25) is 0 Å². The van der Waals surface area contributed by atoms with Gasteiger partial charge in [0.25, 0.3) is 0 Å². The molecule has 24 heavy (non-hydrogen) atoms. The highest BCUT2D eigenvalue weighted by molar-refractivity contribution is 5.91. The topological polar surface area (TPSA) is 71.1 Å². The number of cyclic esters (lactones) is 2. The molecule has 0 aromatic carbocycles. The standard InChI is InChI=1S/C18H22O6/c19-17-12-9-13-11-7-15(14(13)10-12)16(8-11)18(20)24-6-4-22-2-1-21-3-5-23-17/h8-9,11,13-15H,1-7,10H2. The lowest BCUT2D eigenvalue weighted by Crippen LogP contribution is -2.23. The number of fused-ring (bicyclic) bond motifs is 3. The predicted molar refractivity (Wildman–Crippen MR) is 82.9 cm³/mol. The third kappa shape index (κ3) is 2.89. The molecule has 0 spiro atoms. The van der Waals surface area contributed by atoms with Gasteiger partial charge in [0, 0.05) is 11.1 Å². The van der Waals surface area contributed by atoms with Gasteiger partial charge in [-0.05, 0) is 36.5 Å². The molecule has 0 radical (unpaired) electrons. The highest BCUT2D eigenvalue weighted by Crippen LogP contribution is 2.57. The van der Waals surface area contributed by atoms with Crippen molar-refractivity contribution >= 4 is 11.9 Å². The zero-order valence-corrected chi connectivity index (χ0v) is 13.6. The summed E-state index contributed by atoms with van der Waals surface area (Å²) < 4.78 is 21.3. The molecule has 2 fully saturated rings. The SMILES string of the molecule is O=C1OCCOCCOCCOC(=O)C2=CC3CC2C2CC1=CC32. The van der Waals surface area contributed by atoms with Gasteiger partial charge in [0.05, 0.1) is 26.4 Å². The molecule has 1 saturated carbocycles. The average Bonchev–Trinajstić information content (AvgIpc) is 3.26. The number of carbonyl (C=O) groups is 2. The van der Waals surface area contributed by atoms with Gasteiger partial charge in [0.15, 0.2) is 0 Å². The second-order valence-electron chi connectivity index (χ2n) is 6.76. The van der Waals surface area contributed by atoms with Crippen molar-refractivity contribution in [3.05, 3.63) is 23.3 Å². The summed E-state index contributed by atoms with van der Waals surface area (Å²) >= 11 is 0. The van der Waals surface area contributed by atoms with Crippen LogP contribution in [0.2, 0.25) is 0 Å². The number of hydrogen-bond acceptors (Lipinski definition) is 6. The zero-order chi connectivity index (χ0) is 16.5. The van der Waals surface area contributed by atoms with Crippen molar-refractivity contribution in [2.45, 2.75) is 12.8 Å². The fourth-order valence-electron chi connectivity index (χ4n) is 4.44. The summed E-state index contributed by atoms with van der Waals surface area (Å²) in [5.41, 5.74) is 1.53. The van der Waals surface area contributed by atoms with Gasteiger partial charge in [-0.25, -0.2) is 9.59 Å². The number of ether oxygens (including phenoxy) is 4. The first-order valence-corrected chi connectivity index (χ1v) is 8.66. The number of hydrogen-bond donors (Lipinski definition) is 0. The van der Waals surface area contributed by atoms with E-state index in [2.05, 4.69) is 12.2 Å². The predicted octanol–water partition coefficient (Wildman–Crippen LogP) is 1.26. The molecule has 0 amide bonds. The summed E-state index contributed by atoms with van der Waals surface area (Å²) in [6.45, 7) is 2.08. The van der Waals surface area contributed by atoms with Crippen LogP contribution in [0.25, 0.3) is 0 Å². The van der Waals surface area contributed by atoms with Crippen LogP contribution in [0.1, 0.15) is 12.8 Å². The molecule has 4 bridgehead atoms. The van der Waals surface area contributed by atoms with Crippen LogP contribution in [-0.4, -0.2) is 51.6 Å². The Morgan fingerprint density at radius 1 is 0.833 bits per heavy atom. The fourth-order valence-corrected chi connectivity index (χ4v) is 4.44. The monoisotopic (exact) mass is 334 g/mol. The molecule has 0 N–H and O–H groups in total. The van der Waals surface area contributed by atoms with Gasteiger partial charge in [0.1, 0.15) is 13.2 Å². The second kappa shape index (κ2) is 6.69. The molecule has 4 aliphatic rings. The molecule has 4 unspecified atom stereocenters. The third-order valence-electron chi connectivity index (χ3n) is 5.47. The minimum atomic E-state index is -0.253. The Kier molecular flexibility index (Phi) is 4.41. The second-order valence-corrected chi connectivity index (χ2v) is 6.76. The zero-order valence-electron chi connectivity index (χ0n) is 13.6. The van der Waals surface area contributed by atoms with E-state index in [-0.39, 0.29) is 31.1 Å². The highest BCUT2D eigenvalue weighted by atomic mass is 16.6. The normalized spacial score (nSPS) is 36.8. The van der Waals surface area contributed by atoms with Crippen LogP contribution in [0.3, 0.4) is 0 Å². The maximum atomic E-state index is 12.3. The molecule has 3 aliphatic carbocycles. The summed E-state index contributed by atoms with van der Waals surface area (Å²) in [6.07, 6.45) is 5.80. The molecular formula is C18H22O6. The molecule has 4 atom stereocenters. The average molecular weight is 334 g/mol. The first kappa shape index (κ1) is 15.8. The van der Waals surface area contributed by atoms with E-state index in [1.54, 1.807) is 0 Å². The largest absolute Gasteiger partial charge is 0.460 e. The molecule has 4 rings (SSSR count). The number of esters is 2. The van der Waals surface area contributed by atoms with Gasteiger partial charge >= 0.3 is 11.9 Å². The molecule has 1 aliphatic heterocycles. The van der Waals surface area contributed by atoms with E-state index < -0.39 is 0 Å². The van der Waals surface area contributed by atoms with Crippen LogP contribution in [0.4, 0.5) is 0 Å². The number of carbonyl (C=O) groups excluding carboxylic acids is 2. The molecule has 1 heterocycles. The maximum Gasteiger partial charge on any atom is 0.334 e. The Morgan fingerprint density at radius 3 is 2.25 bits per heavy atom. The van der Waals surface area contributed by atoms with E-state index in [9.17, 15) is 9.59 Å². The Balaban J connectivity index is 1.48. The van der Waals surface area contributed by atoms with E-state index >= 15 is 0 Å². The van der Waals surface area contributed by atoms with Gasteiger partial charge in [-0.2, -0.15) is 0 Å². The van der Waals surface area contributed by atoms with Crippen LogP contribution >= 0.6 is 0 Å². The smallest absolute Gasteiger partial charge is 0.334 e. The first-order valence-electron chi connectivity index (χ1n) is 8.66. The van der Waals surface area contributed by atoms with Crippen LogP contribution in [0, 0.1) is 23.7 Å². The maximum absolute atomic E-state index is 12.3. The lowest BCUT2D eigenvalue weighted by molar-refractivity contribution is -0.142. The minimum absolute atomic E-state index is 0.203. The molecular weight excluding hydrogens is 312 g/mol. The number of allylic oxidation sites excluding steroid dienone is 2. The van der Waals surface area contributed by atoms with E-state index in [0.29, 0.717) is 50.6 Å². The summed E-state index contributed by atoms with van der Waals surface area (Å²) in [6, 6.07) is 0. The quantitative estimate of drug-likeness (QED) is 0.621. The van der Waals surface area contributed by atoms with Gasteiger partial charge < -0.3 is 18.9 Å². The van der Waals surface area contributed by atoms with E-state index in [1.165, 1.54) is 0 Å². The first-order chi connectivity index (χ1) is 11.7. The van der Waals surface area contributed by atoms with Crippen molar-refractivity contribution in [1.29, 1.82) is 0 Å². The molecule has 130 valence electrons. The summed E-state index contributed by atoms with van der Waals surface area (Å²) in [7, 11) is 0. The molecule has 1 saturated heterocycles. The summed E-state index contributed by atoms with van der Waals surface area (Å²) in [5, 5.41) is 0. The van der Waals surface area contributed by atoms with Gasteiger partial charge in [-0.1, -0.05) is 12.2 Å². The summed E-state index contributed by atoms with van der Waals surface area (Å²) in [5.74, 6) is 0.736. The van der Waals surface area contributed by atoms with E-state index in [0.717, 1.165) is 17.6 Å². The number of rotatable bonds is 0.